The van der Waals surface area contributed by atoms with E-state index in [2.05, 4.69) is 32.0 Å². The summed E-state index contributed by atoms with van der Waals surface area (Å²) in [6.45, 7) is 4.48. The summed E-state index contributed by atoms with van der Waals surface area (Å²) in [6, 6.07) is 0. The molecule has 0 radical (unpaired) electrons. The topological polar surface area (TPSA) is 66.4 Å². The van der Waals surface area contributed by atoms with Crippen LogP contribution in [0.15, 0.2) is 0 Å². The molecule has 0 aliphatic rings. The van der Waals surface area contributed by atoms with E-state index >= 15 is 0 Å². The fourth-order valence-corrected chi connectivity index (χ4v) is 0.763. The molecule has 74 valence electrons. The van der Waals surface area contributed by atoms with Gasteiger partial charge in [0.25, 0.3) is 0 Å². The minimum Gasteiger partial charge on any atom is -0.219 e. The Morgan fingerprint density at radius 3 is 2.58 bits per heavy atom. The van der Waals surface area contributed by atoms with Gasteiger partial charge in [-0.25, -0.2) is 10.1 Å². The summed E-state index contributed by atoms with van der Waals surface area (Å²) in [5.74, 6) is 0.383. The first-order valence-electron chi connectivity index (χ1n) is 3.74. The highest BCUT2D eigenvalue weighted by Gasteiger charge is 2.01. The highest BCUT2D eigenvalue weighted by molar-refractivity contribution is 4.46. The fourth-order valence-electron chi connectivity index (χ4n) is 0.763. The van der Waals surface area contributed by atoms with Gasteiger partial charge in [-0.05, 0) is 32.5 Å². The Morgan fingerprint density at radius 1 is 1.25 bits per heavy atom. The lowest BCUT2D eigenvalue weighted by molar-refractivity contribution is -0.753. The van der Waals surface area contributed by atoms with E-state index in [1.807, 2.05) is 6.92 Å². The Morgan fingerprint density at radius 2 is 2.00 bits per heavy atom. The molecule has 1 atom stereocenters. The van der Waals surface area contributed by atoms with Crippen LogP contribution >= 0.6 is 0 Å². The van der Waals surface area contributed by atoms with Crippen LogP contribution in [-0.4, -0.2) is 11.9 Å². The lowest BCUT2D eigenvalue weighted by Gasteiger charge is -2.06. The van der Waals surface area contributed by atoms with E-state index in [-0.39, 0.29) is 0 Å². The van der Waals surface area contributed by atoms with E-state index in [9.17, 15) is 0 Å². The third-order valence-electron chi connectivity index (χ3n) is 1.27. The molecule has 0 rings (SSSR count). The van der Waals surface area contributed by atoms with Crippen LogP contribution in [0.1, 0.15) is 26.7 Å². The van der Waals surface area contributed by atoms with Crippen LogP contribution in [0.3, 0.4) is 0 Å². The Labute approximate surface area is 70.6 Å². The molecule has 0 spiro atoms. The number of hydrogen-bond donors (Lipinski definition) is 1. The Hall–Kier alpha value is -0.240. The average Bonchev–Trinajstić information content (AvgIpc) is 2.05. The summed E-state index contributed by atoms with van der Waals surface area (Å²) in [6.07, 6.45) is 2.13. The maximum absolute atomic E-state index is 7.58. The number of hydrogen-bond acceptors (Lipinski definition) is 6. The molecule has 0 saturated heterocycles. The van der Waals surface area contributed by atoms with Crippen molar-refractivity contribution in [3.63, 3.8) is 0 Å². The predicted molar refractivity (Wildman–Crippen MR) is 37.0 cm³/mol. The molecule has 12 heavy (non-hydrogen) atoms. The summed E-state index contributed by atoms with van der Waals surface area (Å²) in [7, 11) is 0. The summed E-state index contributed by atoms with van der Waals surface area (Å²) >= 11 is 0. The van der Waals surface area contributed by atoms with E-state index in [4.69, 9.17) is 5.26 Å². The lowest BCUT2D eigenvalue weighted by atomic mass is 10.1. The van der Waals surface area contributed by atoms with Crippen LogP contribution < -0.4 is 0 Å². The van der Waals surface area contributed by atoms with Gasteiger partial charge in [0.2, 0.25) is 0 Å². The van der Waals surface area contributed by atoms with Crippen molar-refractivity contribution < 1.29 is 30.3 Å². The standard InChI is InChI=1S/C6H14O6/c1-3-4-6(2)5-8-10-12-11-9-7/h6-7H,3-5H2,1-2H3. The van der Waals surface area contributed by atoms with E-state index in [1.165, 1.54) is 0 Å². The van der Waals surface area contributed by atoms with Crippen LogP contribution in [0.4, 0.5) is 0 Å². The molecule has 0 saturated carbocycles. The van der Waals surface area contributed by atoms with Gasteiger partial charge in [-0.2, -0.15) is 0 Å². The van der Waals surface area contributed by atoms with Gasteiger partial charge in [-0.3, -0.25) is 0 Å². The second kappa shape index (κ2) is 8.85. The molecular formula is C6H14O6. The van der Waals surface area contributed by atoms with Crippen molar-refractivity contribution >= 4 is 0 Å². The van der Waals surface area contributed by atoms with Crippen molar-refractivity contribution in [2.75, 3.05) is 6.61 Å². The minimum atomic E-state index is 0.383. The molecule has 6 nitrogen and oxygen atoms in total. The molecule has 0 aliphatic carbocycles. The second-order valence-electron chi connectivity index (χ2n) is 2.46. The van der Waals surface area contributed by atoms with Gasteiger partial charge in [0.15, 0.2) is 0 Å². The Balaban J connectivity index is 2.97. The first kappa shape index (κ1) is 11.8. The summed E-state index contributed by atoms with van der Waals surface area (Å²) in [4.78, 5) is 4.51. The molecule has 0 heterocycles. The average molecular weight is 182 g/mol. The van der Waals surface area contributed by atoms with E-state index in [0.29, 0.717) is 12.5 Å². The van der Waals surface area contributed by atoms with Crippen molar-refractivity contribution in [2.24, 2.45) is 5.92 Å². The van der Waals surface area contributed by atoms with Crippen molar-refractivity contribution in [2.45, 2.75) is 26.7 Å². The Bertz CT molecular complexity index is 88.1. The predicted octanol–water partition coefficient (Wildman–Crippen LogP) is 1.64. The van der Waals surface area contributed by atoms with Gasteiger partial charge in [0, 0.05) is 0 Å². The van der Waals surface area contributed by atoms with Crippen LogP contribution in [0.2, 0.25) is 0 Å². The van der Waals surface area contributed by atoms with E-state index < -0.39 is 0 Å². The monoisotopic (exact) mass is 182 g/mol. The van der Waals surface area contributed by atoms with Crippen molar-refractivity contribution in [1.29, 1.82) is 0 Å². The van der Waals surface area contributed by atoms with Crippen molar-refractivity contribution in [3.8, 4) is 0 Å². The van der Waals surface area contributed by atoms with Gasteiger partial charge in [0.1, 0.15) is 0 Å². The fraction of sp³-hybridized carbons (Fsp3) is 1.00. The third kappa shape index (κ3) is 7.86. The normalized spacial score (nSPS) is 13.2. The molecule has 0 aromatic carbocycles. The van der Waals surface area contributed by atoms with Gasteiger partial charge in [-0.15, -0.1) is 0 Å². The molecule has 6 heteroatoms. The molecular weight excluding hydrogens is 168 g/mol. The molecule has 0 aromatic rings. The molecule has 0 aliphatic heterocycles. The van der Waals surface area contributed by atoms with E-state index in [0.717, 1.165) is 12.8 Å². The van der Waals surface area contributed by atoms with Crippen LogP contribution in [0.25, 0.3) is 0 Å². The van der Waals surface area contributed by atoms with Gasteiger partial charge >= 0.3 is 0 Å². The Kier molecular flexibility index (Phi) is 8.68. The third-order valence-corrected chi connectivity index (χ3v) is 1.27. The van der Waals surface area contributed by atoms with Gasteiger partial charge in [-0.1, -0.05) is 20.3 Å². The maximum Gasteiger partial charge on any atom is 0.0880 e. The summed E-state index contributed by atoms with van der Waals surface area (Å²) in [5, 5.41) is 21.8. The van der Waals surface area contributed by atoms with Gasteiger partial charge in [0.05, 0.1) is 6.61 Å². The lowest BCUT2D eigenvalue weighted by Crippen LogP contribution is -2.07. The second-order valence-corrected chi connectivity index (χ2v) is 2.46. The molecule has 0 amide bonds. The zero-order valence-corrected chi connectivity index (χ0v) is 7.19. The summed E-state index contributed by atoms with van der Waals surface area (Å²) < 4.78 is 0. The van der Waals surface area contributed by atoms with Gasteiger partial charge < -0.3 is 0 Å². The molecule has 1 N–H and O–H groups in total. The van der Waals surface area contributed by atoms with Crippen molar-refractivity contribution in [3.05, 3.63) is 0 Å². The maximum atomic E-state index is 7.58. The first-order chi connectivity index (χ1) is 5.81. The first-order valence-corrected chi connectivity index (χ1v) is 3.74. The SMILES string of the molecule is CCCC(C)COOOOOO. The molecule has 0 fully saturated rings. The smallest absolute Gasteiger partial charge is 0.0880 e. The molecule has 0 bridgehead atoms. The van der Waals surface area contributed by atoms with Crippen LogP contribution in [0, 0.1) is 5.92 Å². The van der Waals surface area contributed by atoms with E-state index in [1.54, 1.807) is 0 Å². The zero-order valence-electron chi connectivity index (χ0n) is 7.19. The largest absolute Gasteiger partial charge is 0.219 e. The van der Waals surface area contributed by atoms with Crippen LogP contribution in [-0.2, 0) is 25.0 Å². The van der Waals surface area contributed by atoms with Crippen molar-refractivity contribution in [1.82, 2.24) is 0 Å². The molecule has 1 unspecified atom stereocenters. The molecule has 0 aromatic heterocycles. The minimum absolute atomic E-state index is 0.383. The zero-order chi connectivity index (χ0) is 9.23. The highest BCUT2D eigenvalue weighted by atomic mass is 17.8. The summed E-state index contributed by atoms with van der Waals surface area (Å²) in [5.41, 5.74) is 0. The quantitative estimate of drug-likeness (QED) is 0.349. The number of rotatable bonds is 8. The highest BCUT2D eigenvalue weighted by Crippen LogP contribution is 2.05. The van der Waals surface area contributed by atoms with Crippen LogP contribution in [0.5, 0.6) is 0 Å².